The molecule has 0 aromatic heterocycles. The molecule has 1 aromatic carbocycles. The maximum atomic E-state index is 12.0. The number of carbonyl (C=O) groups is 1. The monoisotopic (exact) mass is 321 g/mol. The van der Waals surface area contributed by atoms with Crippen molar-refractivity contribution in [1.82, 2.24) is 15.1 Å². The summed E-state index contributed by atoms with van der Waals surface area (Å²) in [5, 5.41) is 3.06. The van der Waals surface area contributed by atoms with E-state index in [0.717, 1.165) is 38.4 Å². The molecule has 0 spiro atoms. The molecule has 1 aliphatic rings. The number of urea groups is 1. The van der Waals surface area contributed by atoms with Crippen LogP contribution in [0.3, 0.4) is 0 Å². The molecular weight excluding hydrogens is 294 g/mol. The average Bonchev–Trinajstić information content (AvgIpc) is 2.95. The van der Waals surface area contributed by atoms with E-state index in [1.807, 2.05) is 24.9 Å². The second kappa shape index (κ2) is 9.06. The van der Waals surface area contributed by atoms with E-state index in [1.165, 1.54) is 11.3 Å². The normalized spacial score (nSPS) is 18.4. The van der Waals surface area contributed by atoms with Crippen molar-refractivity contribution >= 4 is 17.8 Å². The summed E-state index contributed by atoms with van der Waals surface area (Å²) in [6.45, 7) is 3.84. The minimum absolute atomic E-state index is 0.0549. The van der Waals surface area contributed by atoms with Crippen LogP contribution in [0.25, 0.3) is 0 Å². The molecule has 0 bridgehead atoms. The molecule has 1 N–H and O–H groups in total. The van der Waals surface area contributed by atoms with Gasteiger partial charge in [-0.1, -0.05) is 18.2 Å². The summed E-state index contributed by atoms with van der Waals surface area (Å²) in [4.78, 5) is 17.4. The number of nitrogens with zero attached hydrogens (tertiary/aromatic N) is 2. The maximum absolute atomic E-state index is 12.0. The van der Waals surface area contributed by atoms with Crippen LogP contribution in [0.2, 0.25) is 0 Å². The molecule has 0 aliphatic carbocycles. The molecule has 1 aliphatic heterocycles. The van der Waals surface area contributed by atoms with Crippen molar-refractivity contribution in [2.24, 2.45) is 5.92 Å². The number of rotatable bonds is 7. The Morgan fingerprint density at radius 3 is 2.86 bits per heavy atom. The number of hydrogen-bond donors (Lipinski definition) is 1. The summed E-state index contributed by atoms with van der Waals surface area (Å²) >= 11 is 1.84. The fraction of sp³-hybridized carbons (Fsp3) is 0.588. The van der Waals surface area contributed by atoms with Crippen LogP contribution < -0.4 is 5.32 Å². The van der Waals surface area contributed by atoms with Gasteiger partial charge < -0.3 is 15.1 Å². The Morgan fingerprint density at radius 1 is 1.41 bits per heavy atom. The maximum Gasteiger partial charge on any atom is 0.317 e. The first-order chi connectivity index (χ1) is 10.6. The van der Waals surface area contributed by atoms with Crippen molar-refractivity contribution in [3.05, 3.63) is 30.3 Å². The Balaban J connectivity index is 1.56. The second-order valence-corrected chi connectivity index (χ2v) is 7.21. The van der Waals surface area contributed by atoms with Gasteiger partial charge in [-0.3, -0.25) is 0 Å². The van der Waals surface area contributed by atoms with Gasteiger partial charge in [0.25, 0.3) is 0 Å². The molecule has 1 heterocycles. The van der Waals surface area contributed by atoms with Crippen LogP contribution in [-0.4, -0.2) is 61.9 Å². The Bertz CT molecular complexity index is 454. The predicted molar refractivity (Wildman–Crippen MR) is 93.4 cm³/mol. The zero-order valence-corrected chi connectivity index (χ0v) is 14.4. The number of nitrogens with one attached hydrogen (secondary N) is 1. The molecule has 4 nitrogen and oxygen atoms in total. The molecule has 22 heavy (non-hydrogen) atoms. The smallest absolute Gasteiger partial charge is 0.317 e. The van der Waals surface area contributed by atoms with Crippen molar-refractivity contribution < 1.29 is 4.79 Å². The molecule has 1 aromatic rings. The standard InChI is InChI=1S/C17H27N3OS/c1-19-11-9-15(14-19)13-18-17(21)20(2)10-6-12-22-16-7-4-3-5-8-16/h3-5,7-8,15H,6,9-14H2,1-2H3,(H,18,21)/t15-/m1/s1. The molecule has 1 atom stereocenters. The minimum Gasteiger partial charge on any atom is -0.338 e. The van der Waals surface area contributed by atoms with Crippen molar-refractivity contribution in [2.75, 3.05) is 46.0 Å². The topological polar surface area (TPSA) is 35.6 Å². The van der Waals surface area contributed by atoms with Gasteiger partial charge in [-0.05, 0) is 50.2 Å². The number of hydrogen-bond acceptors (Lipinski definition) is 3. The first-order valence-electron chi connectivity index (χ1n) is 8.00. The number of carbonyl (C=O) groups excluding carboxylic acids is 1. The SMILES string of the molecule is CN1CC[C@H](CNC(=O)N(C)CCCSc2ccccc2)C1. The van der Waals surface area contributed by atoms with Crippen LogP contribution in [0.1, 0.15) is 12.8 Å². The van der Waals surface area contributed by atoms with E-state index in [2.05, 4.69) is 41.5 Å². The van der Waals surface area contributed by atoms with Gasteiger partial charge in [0.1, 0.15) is 0 Å². The number of thioether (sulfide) groups is 1. The minimum atomic E-state index is 0.0549. The molecule has 122 valence electrons. The third kappa shape index (κ3) is 5.89. The summed E-state index contributed by atoms with van der Waals surface area (Å²) in [6.07, 6.45) is 2.20. The fourth-order valence-corrected chi connectivity index (χ4v) is 3.53. The zero-order chi connectivity index (χ0) is 15.8. The van der Waals surface area contributed by atoms with Gasteiger partial charge in [0.15, 0.2) is 0 Å². The summed E-state index contributed by atoms with van der Waals surface area (Å²) in [7, 11) is 4.02. The van der Waals surface area contributed by atoms with Gasteiger partial charge in [0.2, 0.25) is 0 Å². The third-order valence-corrected chi connectivity index (χ3v) is 5.13. The lowest BCUT2D eigenvalue weighted by molar-refractivity contribution is 0.207. The quantitative estimate of drug-likeness (QED) is 0.619. The van der Waals surface area contributed by atoms with E-state index in [1.54, 1.807) is 4.90 Å². The number of amides is 2. The highest BCUT2D eigenvalue weighted by molar-refractivity contribution is 7.99. The predicted octanol–water partition coefficient (Wildman–Crippen LogP) is 2.76. The van der Waals surface area contributed by atoms with Gasteiger partial charge in [0, 0.05) is 31.6 Å². The molecule has 2 amide bonds. The van der Waals surface area contributed by atoms with Crippen molar-refractivity contribution in [2.45, 2.75) is 17.7 Å². The van der Waals surface area contributed by atoms with Crippen LogP contribution in [-0.2, 0) is 0 Å². The number of likely N-dealkylation sites (tertiary alicyclic amines) is 1. The first kappa shape index (κ1) is 17.2. The lowest BCUT2D eigenvalue weighted by Gasteiger charge is -2.19. The van der Waals surface area contributed by atoms with E-state index in [4.69, 9.17) is 0 Å². The summed E-state index contributed by atoms with van der Waals surface area (Å²) in [5.74, 6) is 1.64. The van der Waals surface area contributed by atoms with Gasteiger partial charge in [-0.25, -0.2) is 4.79 Å². The van der Waals surface area contributed by atoms with E-state index in [-0.39, 0.29) is 6.03 Å². The van der Waals surface area contributed by atoms with Crippen LogP contribution >= 0.6 is 11.8 Å². The molecule has 1 fully saturated rings. The van der Waals surface area contributed by atoms with Crippen molar-refractivity contribution in [3.8, 4) is 0 Å². The van der Waals surface area contributed by atoms with E-state index in [0.29, 0.717) is 5.92 Å². The highest BCUT2D eigenvalue weighted by Crippen LogP contribution is 2.17. The first-order valence-corrected chi connectivity index (χ1v) is 8.99. The van der Waals surface area contributed by atoms with Gasteiger partial charge >= 0.3 is 6.03 Å². The fourth-order valence-electron chi connectivity index (χ4n) is 2.67. The molecule has 0 unspecified atom stereocenters. The van der Waals surface area contributed by atoms with Gasteiger partial charge in [-0.15, -0.1) is 11.8 Å². The zero-order valence-electron chi connectivity index (χ0n) is 13.6. The third-order valence-electron chi connectivity index (χ3n) is 4.03. The second-order valence-electron chi connectivity index (χ2n) is 6.04. The van der Waals surface area contributed by atoms with Crippen LogP contribution in [0, 0.1) is 5.92 Å². The molecular formula is C17H27N3OS. The molecule has 0 radical (unpaired) electrons. The Morgan fingerprint density at radius 2 is 2.18 bits per heavy atom. The molecule has 1 saturated heterocycles. The van der Waals surface area contributed by atoms with Gasteiger partial charge in [0.05, 0.1) is 0 Å². The lowest BCUT2D eigenvalue weighted by Crippen LogP contribution is -2.40. The molecule has 5 heteroatoms. The molecule has 0 saturated carbocycles. The van der Waals surface area contributed by atoms with Crippen molar-refractivity contribution in [3.63, 3.8) is 0 Å². The van der Waals surface area contributed by atoms with Gasteiger partial charge in [-0.2, -0.15) is 0 Å². The van der Waals surface area contributed by atoms with Crippen LogP contribution in [0.15, 0.2) is 35.2 Å². The van der Waals surface area contributed by atoms with E-state index >= 15 is 0 Å². The van der Waals surface area contributed by atoms with Crippen LogP contribution in [0.4, 0.5) is 4.79 Å². The highest BCUT2D eigenvalue weighted by atomic mass is 32.2. The largest absolute Gasteiger partial charge is 0.338 e. The summed E-state index contributed by atoms with van der Waals surface area (Å²) in [6, 6.07) is 10.5. The Labute approximate surface area is 138 Å². The lowest BCUT2D eigenvalue weighted by atomic mass is 10.1. The Hall–Kier alpha value is -1.20. The van der Waals surface area contributed by atoms with E-state index in [9.17, 15) is 4.79 Å². The average molecular weight is 321 g/mol. The summed E-state index contributed by atoms with van der Waals surface area (Å²) in [5.41, 5.74) is 0. The van der Waals surface area contributed by atoms with E-state index < -0.39 is 0 Å². The van der Waals surface area contributed by atoms with Crippen molar-refractivity contribution in [1.29, 1.82) is 0 Å². The molecule has 2 rings (SSSR count). The summed E-state index contributed by atoms with van der Waals surface area (Å²) < 4.78 is 0. The van der Waals surface area contributed by atoms with Crippen LogP contribution in [0.5, 0.6) is 0 Å². The highest BCUT2D eigenvalue weighted by Gasteiger charge is 2.20. The number of benzene rings is 1. The Kier molecular flexibility index (Phi) is 7.06.